The van der Waals surface area contributed by atoms with E-state index in [-0.39, 0.29) is 12.4 Å². The van der Waals surface area contributed by atoms with Crippen molar-refractivity contribution in [1.29, 1.82) is 0 Å². The summed E-state index contributed by atoms with van der Waals surface area (Å²) in [5.74, 6) is 0. The van der Waals surface area contributed by atoms with Crippen LogP contribution in [0.3, 0.4) is 0 Å². The average Bonchev–Trinajstić information content (AvgIpc) is 3.07. The van der Waals surface area contributed by atoms with Gasteiger partial charge in [0.05, 0.1) is 11.4 Å². The van der Waals surface area contributed by atoms with Crippen molar-refractivity contribution in [3.8, 4) is 16.9 Å². The van der Waals surface area contributed by atoms with E-state index in [2.05, 4.69) is 10.4 Å². The molecule has 2 aromatic carbocycles. The number of alkyl halides is 3. The molecule has 27 heavy (non-hydrogen) atoms. The van der Waals surface area contributed by atoms with Gasteiger partial charge < -0.3 is 5.32 Å². The Kier molecular flexibility index (Phi) is 6.33. The van der Waals surface area contributed by atoms with Crippen LogP contribution < -0.4 is 5.32 Å². The maximum absolute atomic E-state index is 13.2. The van der Waals surface area contributed by atoms with E-state index in [1.54, 1.807) is 61.8 Å². The van der Waals surface area contributed by atoms with Crippen LogP contribution in [0.25, 0.3) is 16.9 Å². The topological polar surface area (TPSA) is 46.9 Å². The van der Waals surface area contributed by atoms with Gasteiger partial charge in [-0.25, -0.2) is 4.68 Å². The SMILES string of the molecule is CNc1ccc(-n2nc(C(F)(F)F)cc2-c2ccc(S(C)=O)cc2)cc1.Cl. The zero-order valence-corrected chi connectivity index (χ0v) is 16.1. The Morgan fingerprint density at radius 1 is 1.04 bits per heavy atom. The molecule has 1 atom stereocenters. The van der Waals surface area contributed by atoms with Crippen molar-refractivity contribution in [2.45, 2.75) is 11.1 Å². The maximum atomic E-state index is 13.2. The van der Waals surface area contributed by atoms with E-state index in [0.717, 1.165) is 11.8 Å². The highest BCUT2D eigenvalue weighted by Gasteiger charge is 2.35. The van der Waals surface area contributed by atoms with E-state index in [1.165, 1.54) is 4.68 Å². The Labute approximate surface area is 163 Å². The van der Waals surface area contributed by atoms with Crippen molar-refractivity contribution in [2.75, 3.05) is 18.6 Å². The van der Waals surface area contributed by atoms with Crippen LogP contribution in [0.2, 0.25) is 0 Å². The van der Waals surface area contributed by atoms with Gasteiger partial charge in [-0.15, -0.1) is 12.4 Å². The molecular formula is C18H17ClF3N3OS. The molecule has 0 fully saturated rings. The van der Waals surface area contributed by atoms with E-state index < -0.39 is 22.7 Å². The standard InChI is InChI=1S/C18H16F3N3OS.ClH/c1-22-13-5-7-14(8-6-13)24-16(11-17(23-24)18(19,20)21)12-3-9-15(10-4-12)26(2)25;/h3-11,22H,1-2H3;1H. The largest absolute Gasteiger partial charge is 0.435 e. The fraction of sp³-hybridized carbons (Fsp3) is 0.167. The highest BCUT2D eigenvalue weighted by molar-refractivity contribution is 7.84. The molecular weight excluding hydrogens is 399 g/mol. The Balaban J connectivity index is 0.00000261. The molecule has 0 aliphatic carbocycles. The van der Waals surface area contributed by atoms with Crippen molar-refractivity contribution >= 4 is 28.9 Å². The van der Waals surface area contributed by atoms with Crippen LogP contribution in [-0.4, -0.2) is 27.3 Å². The monoisotopic (exact) mass is 415 g/mol. The Morgan fingerprint density at radius 2 is 1.63 bits per heavy atom. The number of rotatable bonds is 4. The minimum Gasteiger partial charge on any atom is -0.388 e. The number of nitrogens with zero attached hydrogens (tertiary/aromatic N) is 2. The molecule has 0 spiro atoms. The third-order valence-electron chi connectivity index (χ3n) is 3.88. The lowest BCUT2D eigenvalue weighted by Crippen LogP contribution is -2.07. The predicted octanol–water partition coefficient (Wildman–Crippen LogP) is 4.76. The van der Waals surface area contributed by atoms with Crippen molar-refractivity contribution in [1.82, 2.24) is 9.78 Å². The zero-order valence-electron chi connectivity index (χ0n) is 14.4. The van der Waals surface area contributed by atoms with Crippen molar-refractivity contribution < 1.29 is 17.4 Å². The van der Waals surface area contributed by atoms with Gasteiger partial charge in [0, 0.05) is 40.2 Å². The summed E-state index contributed by atoms with van der Waals surface area (Å²) in [4.78, 5) is 0.606. The molecule has 1 N–H and O–H groups in total. The number of hydrogen-bond acceptors (Lipinski definition) is 3. The molecule has 0 aliphatic rings. The minimum atomic E-state index is -4.55. The summed E-state index contributed by atoms with van der Waals surface area (Å²) in [5.41, 5.74) is 1.25. The molecule has 3 rings (SSSR count). The summed E-state index contributed by atoms with van der Waals surface area (Å²) in [6, 6.07) is 14.5. The summed E-state index contributed by atoms with van der Waals surface area (Å²) < 4.78 is 52.3. The lowest BCUT2D eigenvalue weighted by Gasteiger charge is -2.09. The lowest BCUT2D eigenvalue weighted by atomic mass is 10.1. The summed E-state index contributed by atoms with van der Waals surface area (Å²) in [5, 5.41) is 6.71. The number of halogens is 4. The smallest absolute Gasteiger partial charge is 0.388 e. The molecule has 0 radical (unpaired) electrons. The second-order valence-corrected chi connectivity index (χ2v) is 6.98. The average molecular weight is 416 g/mol. The first-order valence-corrected chi connectivity index (χ1v) is 9.24. The van der Waals surface area contributed by atoms with Gasteiger partial charge in [0.25, 0.3) is 0 Å². The van der Waals surface area contributed by atoms with Gasteiger partial charge in [-0.3, -0.25) is 4.21 Å². The van der Waals surface area contributed by atoms with E-state index in [4.69, 9.17) is 0 Å². The highest BCUT2D eigenvalue weighted by Crippen LogP contribution is 2.33. The molecule has 0 amide bonds. The molecule has 1 unspecified atom stereocenters. The van der Waals surface area contributed by atoms with E-state index in [9.17, 15) is 17.4 Å². The second kappa shape index (κ2) is 8.14. The van der Waals surface area contributed by atoms with E-state index >= 15 is 0 Å². The summed E-state index contributed by atoms with van der Waals surface area (Å²) in [6.07, 6.45) is -3.00. The number of hydrogen-bond donors (Lipinski definition) is 1. The van der Waals surface area contributed by atoms with Crippen LogP contribution in [0.15, 0.2) is 59.5 Å². The van der Waals surface area contributed by atoms with Crippen LogP contribution in [0, 0.1) is 0 Å². The lowest BCUT2D eigenvalue weighted by molar-refractivity contribution is -0.141. The van der Waals surface area contributed by atoms with Crippen LogP contribution >= 0.6 is 12.4 Å². The third kappa shape index (κ3) is 4.51. The molecule has 0 aliphatic heterocycles. The highest BCUT2D eigenvalue weighted by atomic mass is 35.5. The number of benzene rings is 2. The summed E-state index contributed by atoms with van der Waals surface area (Å²) in [7, 11) is 0.602. The maximum Gasteiger partial charge on any atom is 0.435 e. The van der Waals surface area contributed by atoms with Gasteiger partial charge in [0.15, 0.2) is 5.69 Å². The van der Waals surface area contributed by atoms with Crippen LogP contribution in [0.1, 0.15) is 5.69 Å². The van der Waals surface area contributed by atoms with Gasteiger partial charge in [-0.1, -0.05) is 12.1 Å². The van der Waals surface area contributed by atoms with Gasteiger partial charge in [0.2, 0.25) is 0 Å². The van der Waals surface area contributed by atoms with Gasteiger partial charge >= 0.3 is 6.18 Å². The fourth-order valence-electron chi connectivity index (χ4n) is 2.51. The van der Waals surface area contributed by atoms with E-state index in [0.29, 0.717) is 21.8 Å². The van der Waals surface area contributed by atoms with Gasteiger partial charge in [0.1, 0.15) is 0 Å². The van der Waals surface area contributed by atoms with E-state index in [1.807, 2.05) is 0 Å². The minimum absolute atomic E-state index is 0. The molecule has 1 aromatic heterocycles. The first-order valence-electron chi connectivity index (χ1n) is 7.69. The van der Waals surface area contributed by atoms with Gasteiger partial charge in [-0.05, 0) is 42.5 Å². The fourth-order valence-corrected chi connectivity index (χ4v) is 3.03. The number of anilines is 1. The summed E-state index contributed by atoms with van der Waals surface area (Å²) >= 11 is 0. The zero-order chi connectivity index (χ0) is 18.9. The molecule has 3 aromatic rings. The molecule has 1 heterocycles. The molecule has 0 saturated carbocycles. The third-order valence-corrected chi connectivity index (χ3v) is 4.82. The van der Waals surface area contributed by atoms with Crippen LogP contribution in [0.4, 0.5) is 18.9 Å². The molecule has 4 nitrogen and oxygen atoms in total. The molecule has 9 heteroatoms. The Bertz CT molecular complexity index is 938. The quantitative estimate of drug-likeness (QED) is 0.668. The van der Waals surface area contributed by atoms with Crippen molar-refractivity contribution in [3.05, 3.63) is 60.3 Å². The molecule has 0 bridgehead atoms. The van der Waals surface area contributed by atoms with Crippen molar-refractivity contribution in [3.63, 3.8) is 0 Å². The van der Waals surface area contributed by atoms with Gasteiger partial charge in [-0.2, -0.15) is 18.3 Å². The van der Waals surface area contributed by atoms with Crippen LogP contribution in [0.5, 0.6) is 0 Å². The Morgan fingerprint density at radius 3 is 2.11 bits per heavy atom. The van der Waals surface area contributed by atoms with Crippen LogP contribution in [-0.2, 0) is 17.0 Å². The predicted molar refractivity (Wildman–Crippen MR) is 103 cm³/mol. The summed E-state index contributed by atoms with van der Waals surface area (Å²) in [6.45, 7) is 0. The number of aromatic nitrogens is 2. The molecule has 0 saturated heterocycles. The molecule has 144 valence electrons. The van der Waals surface area contributed by atoms with Crippen molar-refractivity contribution in [2.24, 2.45) is 0 Å². The first-order chi connectivity index (χ1) is 12.3. The Hall–Kier alpha value is -2.32. The second-order valence-electron chi connectivity index (χ2n) is 5.60. The number of nitrogens with one attached hydrogen (secondary N) is 1. The normalized spacial score (nSPS) is 12.3. The first kappa shape index (κ1) is 21.0.